The first-order chi connectivity index (χ1) is 21.3. The van der Waals surface area contributed by atoms with E-state index in [0.29, 0.717) is 42.8 Å². The van der Waals surface area contributed by atoms with E-state index >= 15 is 0 Å². The Labute approximate surface area is 253 Å². The van der Waals surface area contributed by atoms with Gasteiger partial charge in [-0.3, -0.25) is 19.1 Å². The Bertz CT molecular complexity index is 1800. The van der Waals surface area contributed by atoms with Crippen molar-refractivity contribution >= 4 is 11.9 Å². The molecule has 4 N–H and O–H groups in total. The zero-order chi connectivity index (χ0) is 32.5. The Hall–Kier alpha value is -5.08. The van der Waals surface area contributed by atoms with Crippen molar-refractivity contribution in [2.24, 2.45) is 5.92 Å². The van der Waals surface area contributed by atoms with Crippen LogP contribution < -0.4 is 10.9 Å². The second-order valence-electron chi connectivity index (χ2n) is 11.1. The number of carbonyl (C=O) groups excluding carboxylic acids is 1. The van der Waals surface area contributed by atoms with Gasteiger partial charge in [-0.05, 0) is 67.9 Å². The van der Waals surface area contributed by atoms with E-state index in [2.05, 4.69) is 20.3 Å². The average Bonchev–Trinajstić information content (AvgIpc) is 3.34. The van der Waals surface area contributed by atoms with Crippen molar-refractivity contribution in [1.82, 2.24) is 29.8 Å². The number of amides is 1. The Morgan fingerprint density at radius 3 is 2.51 bits per heavy atom. The molecule has 2 bridgehead atoms. The van der Waals surface area contributed by atoms with Gasteiger partial charge in [0.25, 0.3) is 11.5 Å². The third kappa shape index (κ3) is 6.56. The molecule has 7 rings (SSSR count). The minimum Gasteiger partial charge on any atom is -0.501 e. The number of nitrogens with one attached hydrogen (secondary N) is 2. The maximum absolute atomic E-state index is 13.7. The van der Waals surface area contributed by atoms with Gasteiger partial charge in [0.05, 0.1) is 11.1 Å². The van der Waals surface area contributed by atoms with Gasteiger partial charge in [-0.1, -0.05) is 12.1 Å². The second-order valence-corrected chi connectivity index (χ2v) is 11.1. The summed E-state index contributed by atoms with van der Waals surface area (Å²) in [7, 11) is 0. The van der Waals surface area contributed by atoms with Gasteiger partial charge in [0.15, 0.2) is 11.5 Å². The fourth-order valence-electron chi connectivity index (χ4n) is 5.65. The number of hydrogen-bond acceptors (Lipinski definition) is 7. The van der Waals surface area contributed by atoms with Crippen molar-refractivity contribution in [2.75, 3.05) is 0 Å². The molecule has 11 nitrogen and oxygen atoms in total. The van der Waals surface area contributed by atoms with Crippen LogP contribution in [0.5, 0.6) is 5.75 Å². The predicted octanol–water partition coefficient (Wildman–Crippen LogP) is 4.23. The summed E-state index contributed by atoms with van der Waals surface area (Å²) >= 11 is 0. The number of carbonyl (C=O) groups is 2. The first kappa shape index (κ1) is 31.3. The summed E-state index contributed by atoms with van der Waals surface area (Å²) in [6.45, 7) is 2.14. The Morgan fingerprint density at radius 2 is 1.89 bits per heavy atom. The molecule has 15 heteroatoms. The SMILES string of the molecule is Cc1cc(Cc2cnc(-c3nc4n(c(=O)c3O)CC3CCC4(NC(=O)c4cccnc4)CC3)[nH]2)ccc1F.O=C(O)C(F)(F)F. The molecule has 2 aliphatic heterocycles. The summed E-state index contributed by atoms with van der Waals surface area (Å²) in [4.78, 5) is 51.9. The second kappa shape index (κ2) is 12.1. The molecule has 0 radical (unpaired) electrons. The molecule has 1 aliphatic carbocycles. The maximum atomic E-state index is 13.7. The number of carboxylic acid groups (broad SMARTS) is 1. The highest BCUT2D eigenvalue weighted by atomic mass is 19.4. The summed E-state index contributed by atoms with van der Waals surface area (Å²) in [5.41, 5.74) is 1.23. The molecule has 4 aromatic rings. The number of aromatic nitrogens is 5. The van der Waals surface area contributed by atoms with Crippen LogP contribution in [0.25, 0.3) is 11.5 Å². The molecule has 45 heavy (non-hydrogen) atoms. The third-order valence-electron chi connectivity index (χ3n) is 7.96. The van der Waals surface area contributed by atoms with Gasteiger partial charge in [0.1, 0.15) is 11.6 Å². The molecule has 236 valence electrons. The number of fused-ring (bicyclic) bond motifs is 2. The van der Waals surface area contributed by atoms with Crippen LogP contribution in [0.1, 0.15) is 58.7 Å². The van der Waals surface area contributed by atoms with E-state index in [1.807, 2.05) is 0 Å². The Kier molecular flexibility index (Phi) is 8.45. The van der Waals surface area contributed by atoms with Crippen LogP contribution in [0.15, 0.2) is 53.7 Å². The first-order valence-electron chi connectivity index (χ1n) is 13.9. The predicted molar refractivity (Wildman–Crippen MR) is 151 cm³/mol. The molecule has 1 aromatic carbocycles. The Morgan fingerprint density at radius 1 is 1.18 bits per heavy atom. The minimum absolute atomic E-state index is 0.0446. The van der Waals surface area contributed by atoms with Crippen LogP contribution in [0.3, 0.4) is 0 Å². The molecule has 1 saturated carbocycles. The first-order valence-corrected chi connectivity index (χ1v) is 13.9. The minimum atomic E-state index is -5.08. The van der Waals surface area contributed by atoms with Crippen molar-refractivity contribution in [1.29, 1.82) is 0 Å². The zero-order valence-electron chi connectivity index (χ0n) is 23.9. The number of aromatic amines is 1. The van der Waals surface area contributed by atoms with Gasteiger partial charge in [-0.25, -0.2) is 19.2 Å². The molecule has 3 aliphatic rings. The number of imidazole rings is 1. The van der Waals surface area contributed by atoms with Gasteiger partial charge < -0.3 is 20.5 Å². The lowest BCUT2D eigenvalue weighted by Gasteiger charge is -2.37. The lowest BCUT2D eigenvalue weighted by atomic mass is 9.77. The molecule has 5 heterocycles. The lowest BCUT2D eigenvalue weighted by Crippen LogP contribution is -2.49. The normalized spacial score (nSPS) is 18.7. The number of aryl methyl sites for hydroxylation is 1. The summed E-state index contributed by atoms with van der Waals surface area (Å²) < 4.78 is 46.9. The molecular weight excluding hydrogens is 600 g/mol. The molecule has 0 saturated heterocycles. The van der Waals surface area contributed by atoms with Crippen molar-refractivity contribution < 1.29 is 37.4 Å². The monoisotopic (exact) mass is 628 g/mol. The standard InChI is InChI=1S/C28H27FN6O3.C2HF3O2/c1-16-11-18(4-5-21(16)29)12-20-14-31-24(32-20)22-23(36)26(38)35-15-17-6-8-28(9-7-17,27(35)33-22)34-25(37)19-3-2-10-30-13-19;3-2(4,5)1(6)7/h2-5,10-11,13-14,17,36H,6-9,12,15H2,1H3,(H,31,32)(H,34,37);(H,6,7). The van der Waals surface area contributed by atoms with Gasteiger partial charge in [-0.15, -0.1) is 0 Å². The van der Waals surface area contributed by atoms with E-state index in [-0.39, 0.29) is 29.2 Å². The number of H-pyrrole nitrogens is 1. The number of aromatic hydroxyl groups is 1. The van der Waals surface area contributed by atoms with Crippen molar-refractivity contribution in [3.63, 3.8) is 0 Å². The van der Waals surface area contributed by atoms with E-state index in [4.69, 9.17) is 14.9 Å². The van der Waals surface area contributed by atoms with Gasteiger partial charge in [0.2, 0.25) is 5.75 Å². The highest BCUT2D eigenvalue weighted by Crippen LogP contribution is 2.43. The van der Waals surface area contributed by atoms with Crippen LogP contribution in [-0.2, 0) is 23.3 Å². The van der Waals surface area contributed by atoms with E-state index in [9.17, 15) is 32.3 Å². The van der Waals surface area contributed by atoms with E-state index in [1.54, 1.807) is 43.6 Å². The fraction of sp³-hybridized carbons (Fsp3) is 0.333. The van der Waals surface area contributed by atoms with E-state index in [0.717, 1.165) is 24.1 Å². The van der Waals surface area contributed by atoms with Crippen molar-refractivity contribution in [3.05, 3.63) is 93.3 Å². The molecule has 3 aromatic heterocycles. The smallest absolute Gasteiger partial charge is 0.490 e. The molecular formula is C30H28F4N6O5. The number of aliphatic carboxylic acids is 1. The number of nitrogens with zero attached hydrogens (tertiary/aromatic N) is 4. The third-order valence-corrected chi connectivity index (χ3v) is 7.96. The van der Waals surface area contributed by atoms with E-state index < -0.39 is 29.0 Å². The summed E-state index contributed by atoms with van der Waals surface area (Å²) in [6.07, 6.45) is 3.02. The molecule has 1 amide bonds. The topological polar surface area (TPSA) is 163 Å². The highest BCUT2D eigenvalue weighted by molar-refractivity contribution is 5.94. The van der Waals surface area contributed by atoms with Gasteiger partial charge in [0, 0.05) is 37.3 Å². The quantitative estimate of drug-likeness (QED) is 0.239. The number of halogens is 4. The summed E-state index contributed by atoms with van der Waals surface area (Å²) in [5.74, 6) is -2.85. The molecule has 0 unspecified atom stereocenters. The van der Waals surface area contributed by atoms with Crippen LogP contribution >= 0.6 is 0 Å². The highest BCUT2D eigenvalue weighted by Gasteiger charge is 2.46. The number of carboxylic acids is 1. The van der Waals surface area contributed by atoms with Crippen LogP contribution in [0.2, 0.25) is 0 Å². The maximum Gasteiger partial charge on any atom is 0.490 e. The van der Waals surface area contributed by atoms with E-state index in [1.165, 1.54) is 16.8 Å². The number of pyridine rings is 1. The zero-order valence-corrected chi connectivity index (χ0v) is 23.9. The van der Waals surface area contributed by atoms with Crippen molar-refractivity contribution in [2.45, 2.75) is 57.3 Å². The largest absolute Gasteiger partial charge is 0.501 e. The van der Waals surface area contributed by atoms with Gasteiger partial charge in [-0.2, -0.15) is 13.2 Å². The number of benzene rings is 1. The number of alkyl halides is 3. The summed E-state index contributed by atoms with van der Waals surface area (Å²) in [6, 6.07) is 8.29. The molecule has 1 fully saturated rings. The number of hydrogen-bond donors (Lipinski definition) is 4. The fourth-order valence-corrected chi connectivity index (χ4v) is 5.65. The number of rotatable bonds is 5. The van der Waals surface area contributed by atoms with Crippen molar-refractivity contribution in [3.8, 4) is 17.3 Å². The van der Waals surface area contributed by atoms with Gasteiger partial charge >= 0.3 is 12.1 Å². The summed E-state index contributed by atoms with van der Waals surface area (Å²) in [5, 5.41) is 21.2. The molecule has 0 atom stereocenters. The van der Waals surface area contributed by atoms with Crippen LogP contribution in [0.4, 0.5) is 17.6 Å². The lowest BCUT2D eigenvalue weighted by molar-refractivity contribution is -0.192. The Balaban J connectivity index is 0.000000515. The molecule has 0 spiro atoms. The average molecular weight is 629 g/mol. The van der Waals surface area contributed by atoms with Crippen LogP contribution in [0, 0.1) is 18.7 Å². The van der Waals surface area contributed by atoms with Crippen LogP contribution in [-0.4, -0.2) is 52.8 Å².